The zero-order chi connectivity index (χ0) is 13.8. The van der Waals surface area contributed by atoms with E-state index in [0.717, 1.165) is 19.4 Å². The van der Waals surface area contributed by atoms with Gasteiger partial charge in [-0.3, -0.25) is 4.79 Å². The minimum absolute atomic E-state index is 0.0761. The van der Waals surface area contributed by atoms with Crippen LogP contribution in [0.3, 0.4) is 0 Å². The summed E-state index contributed by atoms with van der Waals surface area (Å²) in [4.78, 5) is 11.9. The number of amides is 1. The summed E-state index contributed by atoms with van der Waals surface area (Å²) in [6.45, 7) is -0.380. The molecule has 0 aliphatic carbocycles. The number of benzene rings is 1. The largest absolute Gasteiger partial charge is 0.434 e. The maximum absolute atomic E-state index is 12.2. The van der Waals surface area contributed by atoms with Gasteiger partial charge in [-0.05, 0) is 37.9 Å². The second-order valence-corrected chi connectivity index (χ2v) is 4.50. The number of hydrogen-bond acceptors (Lipinski definition) is 3. The highest BCUT2D eigenvalue weighted by Gasteiger charge is 2.22. The number of hydrogen-bond donors (Lipinski definition) is 2. The lowest BCUT2D eigenvalue weighted by molar-refractivity contribution is -0.117. The van der Waals surface area contributed by atoms with Crippen LogP contribution in [0, 0.1) is 6.92 Å². The Balaban J connectivity index is 2.05. The maximum Gasteiger partial charge on any atom is 0.387 e. The lowest BCUT2D eigenvalue weighted by Crippen LogP contribution is -2.35. The van der Waals surface area contributed by atoms with E-state index in [4.69, 9.17) is 0 Å². The van der Waals surface area contributed by atoms with Gasteiger partial charge in [0.15, 0.2) is 0 Å². The molecule has 1 aliphatic heterocycles. The topological polar surface area (TPSA) is 50.4 Å². The molecule has 6 heteroatoms. The number of carbonyl (C=O) groups excluding carboxylic acids is 1. The number of aryl methyl sites for hydroxylation is 1. The van der Waals surface area contributed by atoms with E-state index in [9.17, 15) is 13.6 Å². The molecule has 1 unspecified atom stereocenters. The zero-order valence-corrected chi connectivity index (χ0v) is 10.6. The van der Waals surface area contributed by atoms with Crippen molar-refractivity contribution < 1.29 is 18.3 Å². The average Bonchev–Trinajstić information content (AvgIpc) is 2.86. The van der Waals surface area contributed by atoms with Crippen LogP contribution in [0.5, 0.6) is 5.75 Å². The molecule has 0 spiro atoms. The number of rotatable bonds is 4. The van der Waals surface area contributed by atoms with Crippen molar-refractivity contribution in [3.63, 3.8) is 0 Å². The van der Waals surface area contributed by atoms with Crippen molar-refractivity contribution in [2.75, 3.05) is 11.9 Å². The van der Waals surface area contributed by atoms with E-state index < -0.39 is 6.61 Å². The first kappa shape index (κ1) is 13.7. The van der Waals surface area contributed by atoms with Crippen LogP contribution < -0.4 is 15.4 Å². The predicted molar refractivity (Wildman–Crippen MR) is 67.5 cm³/mol. The van der Waals surface area contributed by atoms with Gasteiger partial charge >= 0.3 is 6.61 Å². The van der Waals surface area contributed by atoms with Gasteiger partial charge in [0.1, 0.15) is 5.75 Å². The van der Waals surface area contributed by atoms with Gasteiger partial charge in [0, 0.05) is 11.8 Å². The molecule has 0 aromatic heterocycles. The highest BCUT2D eigenvalue weighted by molar-refractivity contribution is 5.95. The Kier molecular flexibility index (Phi) is 4.31. The van der Waals surface area contributed by atoms with E-state index in [2.05, 4.69) is 15.4 Å². The van der Waals surface area contributed by atoms with Crippen LogP contribution in [-0.4, -0.2) is 25.1 Å². The molecule has 1 aromatic carbocycles. The van der Waals surface area contributed by atoms with E-state index in [1.807, 2.05) is 0 Å². The SMILES string of the molecule is Cc1ccc(NC(=O)C2CCCN2)cc1OC(F)F. The van der Waals surface area contributed by atoms with E-state index in [1.165, 1.54) is 6.07 Å². The summed E-state index contributed by atoms with van der Waals surface area (Å²) >= 11 is 0. The third-order valence-corrected chi connectivity index (χ3v) is 3.05. The Labute approximate surface area is 110 Å². The standard InChI is InChI=1S/C13H16F2N2O2/c1-8-4-5-9(7-11(8)19-13(14)15)17-12(18)10-3-2-6-16-10/h4-5,7,10,13,16H,2-3,6H2,1H3,(H,17,18). The first-order valence-corrected chi connectivity index (χ1v) is 6.16. The molecule has 0 saturated carbocycles. The fourth-order valence-electron chi connectivity index (χ4n) is 2.04. The zero-order valence-electron chi connectivity index (χ0n) is 10.6. The van der Waals surface area contributed by atoms with Gasteiger partial charge in [0.2, 0.25) is 5.91 Å². The molecule has 1 heterocycles. The molecule has 0 bridgehead atoms. The van der Waals surface area contributed by atoms with E-state index >= 15 is 0 Å². The predicted octanol–water partition coefficient (Wildman–Crippen LogP) is 2.29. The molecule has 19 heavy (non-hydrogen) atoms. The second kappa shape index (κ2) is 5.97. The molecule has 1 atom stereocenters. The summed E-state index contributed by atoms with van der Waals surface area (Å²) in [5.74, 6) is -0.0727. The third kappa shape index (κ3) is 3.64. The van der Waals surface area contributed by atoms with Gasteiger partial charge < -0.3 is 15.4 Å². The van der Waals surface area contributed by atoms with Gasteiger partial charge in [-0.15, -0.1) is 0 Å². The fourth-order valence-corrected chi connectivity index (χ4v) is 2.04. The van der Waals surface area contributed by atoms with Gasteiger partial charge in [-0.1, -0.05) is 6.07 Å². The van der Waals surface area contributed by atoms with Crippen LogP contribution in [0.25, 0.3) is 0 Å². The van der Waals surface area contributed by atoms with Gasteiger partial charge in [-0.2, -0.15) is 8.78 Å². The fraction of sp³-hybridized carbons (Fsp3) is 0.462. The summed E-state index contributed by atoms with van der Waals surface area (Å²) in [5, 5.41) is 5.77. The summed E-state index contributed by atoms with van der Waals surface area (Å²) in [6, 6.07) is 4.50. The Morgan fingerprint density at radius 2 is 2.32 bits per heavy atom. The lowest BCUT2D eigenvalue weighted by Gasteiger charge is -2.13. The Bertz CT molecular complexity index is 460. The average molecular weight is 270 g/mol. The molecule has 4 nitrogen and oxygen atoms in total. The molecular formula is C13H16F2N2O2. The normalized spacial score (nSPS) is 18.6. The number of nitrogens with one attached hydrogen (secondary N) is 2. The van der Waals surface area contributed by atoms with Crippen molar-refractivity contribution >= 4 is 11.6 Å². The molecule has 1 aromatic rings. The van der Waals surface area contributed by atoms with Crippen LogP contribution in [0.1, 0.15) is 18.4 Å². The summed E-state index contributed by atoms with van der Waals surface area (Å²) in [6.07, 6.45) is 1.75. The number of ether oxygens (including phenoxy) is 1. The van der Waals surface area contributed by atoms with E-state index in [1.54, 1.807) is 19.1 Å². The van der Waals surface area contributed by atoms with Crippen molar-refractivity contribution in [3.05, 3.63) is 23.8 Å². The van der Waals surface area contributed by atoms with Crippen molar-refractivity contribution in [3.8, 4) is 5.75 Å². The van der Waals surface area contributed by atoms with Gasteiger partial charge in [0.05, 0.1) is 6.04 Å². The smallest absolute Gasteiger partial charge is 0.387 e. The highest BCUT2D eigenvalue weighted by atomic mass is 19.3. The third-order valence-electron chi connectivity index (χ3n) is 3.05. The highest BCUT2D eigenvalue weighted by Crippen LogP contribution is 2.24. The van der Waals surface area contributed by atoms with E-state index in [0.29, 0.717) is 11.3 Å². The van der Waals surface area contributed by atoms with Crippen molar-refractivity contribution in [1.82, 2.24) is 5.32 Å². The molecule has 1 aliphatic rings. The molecule has 2 rings (SSSR count). The van der Waals surface area contributed by atoms with Crippen LogP contribution in [0.15, 0.2) is 18.2 Å². The molecule has 1 amide bonds. The van der Waals surface area contributed by atoms with Crippen molar-refractivity contribution in [2.45, 2.75) is 32.4 Å². The molecule has 2 N–H and O–H groups in total. The first-order chi connectivity index (χ1) is 9.06. The van der Waals surface area contributed by atoms with Crippen LogP contribution in [0.2, 0.25) is 0 Å². The molecular weight excluding hydrogens is 254 g/mol. The Morgan fingerprint density at radius 3 is 2.95 bits per heavy atom. The lowest BCUT2D eigenvalue weighted by atomic mass is 10.2. The minimum Gasteiger partial charge on any atom is -0.434 e. The quantitative estimate of drug-likeness (QED) is 0.882. The minimum atomic E-state index is -2.87. The summed E-state index contributed by atoms with van der Waals surface area (Å²) < 4.78 is 28.8. The first-order valence-electron chi connectivity index (χ1n) is 6.16. The number of halogens is 2. The van der Waals surface area contributed by atoms with Crippen molar-refractivity contribution in [2.24, 2.45) is 0 Å². The monoisotopic (exact) mass is 270 g/mol. The second-order valence-electron chi connectivity index (χ2n) is 4.50. The molecule has 104 valence electrons. The number of anilines is 1. The van der Waals surface area contributed by atoms with E-state index in [-0.39, 0.29) is 17.7 Å². The molecule has 0 radical (unpaired) electrons. The molecule has 1 saturated heterocycles. The summed E-state index contributed by atoms with van der Waals surface area (Å²) in [7, 11) is 0. The van der Waals surface area contributed by atoms with Crippen molar-refractivity contribution in [1.29, 1.82) is 0 Å². The van der Waals surface area contributed by atoms with Crippen LogP contribution >= 0.6 is 0 Å². The van der Waals surface area contributed by atoms with Crippen LogP contribution in [0.4, 0.5) is 14.5 Å². The Morgan fingerprint density at radius 1 is 1.53 bits per heavy atom. The number of carbonyl (C=O) groups is 1. The molecule has 1 fully saturated rings. The van der Waals surface area contributed by atoms with Gasteiger partial charge in [0.25, 0.3) is 0 Å². The van der Waals surface area contributed by atoms with Crippen LogP contribution in [-0.2, 0) is 4.79 Å². The maximum atomic E-state index is 12.2. The van der Waals surface area contributed by atoms with Gasteiger partial charge in [-0.25, -0.2) is 0 Å². The number of alkyl halides is 2. The Hall–Kier alpha value is -1.69. The summed E-state index contributed by atoms with van der Waals surface area (Å²) in [5.41, 5.74) is 1.05.